The standard InChI is InChI=1S/C19H24O3/c20-14-8-13-4-7-19(17(13)16(22)9-14)11-15(21)10-18(12-19)5-2-1-3-6-18/h8-9,20,22H,1-7,10-12H2/t19-/m0/s1. The molecule has 22 heavy (non-hydrogen) atoms. The molecule has 118 valence electrons. The fraction of sp³-hybridized carbons (Fsp3) is 0.632. The number of ketones is 1. The van der Waals surface area contributed by atoms with Crippen LogP contribution in [0.2, 0.25) is 0 Å². The Balaban J connectivity index is 1.78. The van der Waals surface area contributed by atoms with E-state index in [-0.39, 0.29) is 22.3 Å². The highest BCUT2D eigenvalue weighted by atomic mass is 16.3. The Kier molecular flexibility index (Phi) is 3.04. The maximum atomic E-state index is 12.6. The van der Waals surface area contributed by atoms with Gasteiger partial charge in [-0.15, -0.1) is 0 Å². The maximum Gasteiger partial charge on any atom is 0.134 e. The van der Waals surface area contributed by atoms with Crippen LogP contribution in [0, 0.1) is 5.41 Å². The van der Waals surface area contributed by atoms with Crippen LogP contribution in [0.1, 0.15) is 68.9 Å². The van der Waals surface area contributed by atoms with Crippen LogP contribution in [0.25, 0.3) is 0 Å². The van der Waals surface area contributed by atoms with Crippen LogP contribution < -0.4 is 0 Å². The van der Waals surface area contributed by atoms with Crippen molar-refractivity contribution in [3.05, 3.63) is 23.3 Å². The summed E-state index contributed by atoms with van der Waals surface area (Å²) in [6, 6.07) is 3.22. The van der Waals surface area contributed by atoms with Gasteiger partial charge in [0.15, 0.2) is 0 Å². The second-order valence-electron chi connectivity index (χ2n) is 7.91. The molecule has 2 saturated carbocycles. The molecule has 1 aromatic carbocycles. The number of hydrogen-bond acceptors (Lipinski definition) is 3. The van der Waals surface area contributed by atoms with E-state index in [0.29, 0.717) is 12.2 Å². The SMILES string of the molecule is O=C1CC2(CCCCC2)C[C@]2(CCc3cc(O)cc(O)c32)C1. The van der Waals surface area contributed by atoms with Crippen molar-refractivity contribution < 1.29 is 15.0 Å². The van der Waals surface area contributed by atoms with Crippen LogP contribution in [0.15, 0.2) is 12.1 Å². The van der Waals surface area contributed by atoms with Gasteiger partial charge in [-0.05, 0) is 49.1 Å². The molecule has 0 saturated heterocycles. The lowest BCUT2D eigenvalue weighted by Gasteiger charge is -2.48. The Morgan fingerprint density at radius 1 is 0.955 bits per heavy atom. The van der Waals surface area contributed by atoms with Gasteiger partial charge in [-0.2, -0.15) is 0 Å². The predicted octanol–water partition coefficient (Wildman–Crippen LogP) is 3.99. The van der Waals surface area contributed by atoms with Crippen LogP contribution in [-0.4, -0.2) is 16.0 Å². The molecular weight excluding hydrogens is 276 g/mol. The molecule has 2 spiro atoms. The second-order valence-corrected chi connectivity index (χ2v) is 7.91. The number of phenols is 2. The first-order valence-corrected chi connectivity index (χ1v) is 8.59. The molecule has 0 radical (unpaired) electrons. The van der Waals surface area contributed by atoms with E-state index in [1.165, 1.54) is 25.3 Å². The van der Waals surface area contributed by atoms with E-state index in [1.54, 1.807) is 6.07 Å². The number of rotatable bonds is 0. The third-order valence-electron chi connectivity index (χ3n) is 6.32. The minimum atomic E-state index is -0.181. The number of aromatic hydroxyl groups is 2. The molecule has 0 aromatic heterocycles. The van der Waals surface area contributed by atoms with Crippen molar-refractivity contribution in [2.24, 2.45) is 5.41 Å². The lowest BCUT2D eigenvalue weighted by Crippen LogP contribution is -2.43. The summed E-state index contributed by atoms with van der Waals surface area (Å²) in [5, 5.41) is 20.2. The van der Waals surface area contributed by atoms with Gasteiger partial charge in [-0.3, -0.25) is 4.79 Å². The molecule has 1 aromatic rings. The van der Waals surface area contributed by atoms with Crippen LogP contribution in [-0.2, 0) is 16.6 Å². The van der Waals surface area contributed by atoms with E-state index in [0.717, 1.165) is 49.7 Å². The Bertz CT molecular complexity index is 628. The Labute approximate surface area is 131 Å². The highest BCUT2D eigenvalue weighted by molar-refractivity contribution is 5.82. The Hall–Kier alpha value is -1.51. The number of Topliss-reactive ketones (excluding diaryl/α,β-unsaturated/α-hetero) is 1. The first kappa shape index (κ1) is 14.1. The topological polar surface area (TPSA) is 57.5 Å². The van der Waals surface area contributed by atoms with Gasteiger partial charge in [0, 0.05) is 29.9 Å². The number of benzene rings is 1. The minimum Gasteiger partial charge on any atom is -0.508 e. The molecule has 0 unspecified atom stereocenters. The van der Waals surface area contributed by atoms with Gasteiger partial charge >= 0.3 is 0 Å². The molecule has 3 aliphatic rings. The molecule has 0 bridgehead atoms. The molecular formula is C19H24O3. The number of aryl methyl sites for hydroxylation is 1. The summed E-state index contributed by atoms with van der Waals surface area (Å²) >= 11 is 0. The Morgan fingerprint density at radius 3 is 2.50 bits per heavy atom. The Morgan fingerprint density at radius 2 is 1.73 bits per heavy atom. The number of hydrogen-bond donors (Lipinski definition) is 2. The molecule has 2 fully saturated rings. The van der Waals surface area contributed by atoms with Crippen molar-refractivity contribution in [2.45, 2.75) is 69.6 Å². The van der Waals surface area contributed by atoms with E-state index < -0.39 is 0 Å². The average molecular weight is 300 g/mol. The van der Waals surface area contributed by atoms with Gasteiger partial charge in [-0.1, -0.05) is 19.3 Å². The lowest BCUT2D eigenvalue weighted by molar-refractivity contribution is -0.127. The summed E-state index contributed by atoms with van der Waals surface area (Å²) in [7, 11) is 0. The molecule has 3 aliphatic carbocycles. The van der Waals surface area contributed by atoms with Crippen LogP contribution in [0.4, 0.5) is 0 Å². The summed E-state index contributed by atoms with van der Waals surface area (Å²) in [5.74, 6) is 0.685. The van der Waals surface area contributed by atoms with E-state index in [1.807, 2.05) is 0 Å². The summed E-state index contributed by atoms with van der Waals surface area (Å²) in [6.45, 7) is 0. The van der Waals surface area contributed by atoms with Crippen LogP contribution >= 0.6 is 0 Å². The van der Waals surface area contributed by atoms with Crippen molar-refractivity contribution >= 4 is 5.78 Å². The van der Waals surface area contributed by atoms with E-state index in [9.17, 15) is 15.0 Å². The first-order valence-electron chi connectivity index (χ1n) is 8.59. The van der Waals surface area contributed by atoms with Gasteiger partial charge in [0.2, 0.25) is 0 Å². The van der Waals surface area contributed by atoms with Gasteiger partial charge in [0.1, 0.15) is 17.3 Å². The monoisotopic (exact) mass is 300 g/mol. The second kappa shape index (κ2) is 4.74. The smallest absolute Gasteiger partial charge is 0.134 e. The van der Waals surface area contributed by atoms with Gasteiger partial charge in [0.25, 0.3) is 0 Å². The summed E-state index contributed by atoms with van der Waals surface area (Å²) in [6.07, 6.45) is 10.2. The average Bonchev–Trinajstić information content (AvgIpc) is 2.76. The number of phenolic OH excluding ortho intramolecular Hbond substituents is 2. The van der Waals surface area contributed by atoms with Crippen molar-refractivity contribution in [3.63, 3.8) is 0 Å². The zero-order valence-electron chi connectivity index (χ0n) is 13.0. The molecule has 0 heterocycles. The third-order valence-corrected chi connectivity index (χ3v) is 6.32. The molecule has 0 aliphatic heterocycles. The number of fused-ring (bicyclic) bond motifs is 2. The molecule has 3 nitrogen and oxygen atoms in total. The normalized spacial score (nSPS) is 29.9. The molecule has 3 heteroatoms. The molecule has 2 N–H and O–H groups in total. The highest BCUT2D eigenvalue weighted by Crippen LogP contribution is 2.59. The van der Waals surface area contributed by atoms with Gasteiger partial charge < -0.3 is 10.2 Å². The van der Waals surface area contributed by atoms with E-state index in [4.69, 9.17) is 0 Å². The first-order chi connectivity index (χ1) is 10.5. The molecule has 4 rings (SSSR count). The van der Waals surface area contributed by atoms with Crippen molar-refractivity contribution in [1.82, 2.24) is 0 Å². The lowest BCUT2D eigenvalue weighted by atomic mass is 9.55. The number of carbonyl (C=O) groups excluding carboxylic acids is 1. The van der Waals surface area contributed by atoms with Crippen molar-refractivity contribution in [1.29, 1.82) is 0 Å². The highest BCUT2D eigenvalue weighted by Gasteiger charge is 2.52. The summed E-state index contributed by atoms with van der Waals surface area (Å²) < 4.78 is 0. The van der Waals surface area contributed by atoms with Gasteiger partial charge in [-0.25, -0.2) is 0 Å². The fourth-order valence-corrected chi connectivity index (χ4v) is 5.69. The number of carbonyl (C=O) groups is 1. The summed E-state index contributed by atoms with van der Waals surface area (Å²) in [4.78, 5) is 12.6. The molecule has 1 atom stereocenters. The van der Waals surface area contributed by atoms with Crippen LogP contribution in [0.3, 0.4) is 0 Å². The fourth-order valence-electron chi connectivity index (χ4n) is 5.69. The summed E-state index contributed by atoms with van der Waals surface area (Å²) in [5.41, 5.74) is 1.99. The zero-order chi connectivity index (χ0) is 15.4. The van der Waals surface area contributed by atoms with Crippen molar-refractivity contribution in [2.75, 3.05) is 0 Å². The van der Waals surface area contributed by atoms with E-state index in [2.05, 4.69) is 0 Å². The zero-order valence-corrected chi connectivity index (χ0v) is 13.0. The van der Waals surface area contributed by atoms with Crippen molar-refractivity contribution in [3.8, 4) is 11.5 Å². The van der Waals surface area contributed by atoms with E-state index >= 15 is 0 Å². The third kappa shape index (κ3) is 2.05. The van der Waals surface area contributed by atoms with Gasteiger partial charge in [0.05, 0.1) is 0 Å². The quantitative estimate of drug-likeness (QED) is 0.762. The predicted molar refractivity (Wildman–Crippen MR) is 84.1 cm³/mol. The maximum absolute atomic E-state index is 12.6. The molecule has 0 amide bonds. The minimum absolute atomic E-state index is 0.128. The largest absolute Gasteiger partial charge is 0.508 e. The van der Waals surface area contributed by atoms with Crippen LogP contribution in [0.5, 0.6) is 11.5 Å².